The summed E-state index contributed by atoms with van der Waals surface area (Å²) in [6.07, 6.45) is 0. The van der Waals surface area contributed by atoms with E-state index in [1.807, 2.05) is 36.4 Å². The van der Waals surface area contributed by atoms with Gasteiger partial charge in [-0.25, -0.2) is 0 Å². The minimum Gasteiger partial charge on any atom is -0.454 e. The largest absolute Gasteiger partial charge is 0.454 e. The van der Waals surface area contributed by atoms with Crippen LogP contribution in [0.4, 0.5) is 0 Å². The molecule has 1 unspecified atom stereocenters. The maximum absolute atomic E-state index is 5.67. The Hall–Kier alpha value is -2.64. The SMILES string of the molecule is C[NH+](Cc1ccccc1)Cn1nc(-c2ccc3c(c2)OCO3)oc1=S. The number of hydrogen-bond acceptors (Lipinski definition) is 5. The predicted molar refractivity (Wildman–Crippen MR) is 93.9 cm³/mol. The van der Waals surface area contributed by atoms with Crippen LogP contribution in [0.25, 0.3) is 11.5 Å². The first-order valence-electron chi connectivity index (χ1n) is 8.02. The zero-order valence-corrected chi connectivity index (χ0v) is 14.6. The van der Waals surface area contributed by atoms with Crippen molar-refractivity contribution in [3.05, 3.63) is 58.9 Å². The fraction of sp³-hybridized carbons (Fsp3) is 0.222. The zero-order chi connectivity index (χ0) is 17.2. The molecule has 0 amide bonds. The van der Waals surface area contributed by atoms with Crippen LogP contribution in [0.3, 0.4) is 0 Å². The van der Waals surface area contributed by atoms with Crippen molar-refractivity contribution in [2.75, 3.05) is 13.8 Å². The third-order valence-electron chi connectivity index (χ3n) is 3.99. The molecule has 128 valence electrons. The smallest absolute Gasteiger partial charge is 0.292 e. The molecular weight excluding hydrogens is 338 g/mol. The Bertz CT molecular complexity index is 936. The number of benzene rings is 2. The molecule has 1 N–H and O–H groups in total. The Balaban J connectivity index is 1.51. The van der Waals surface area contributed by atoms with Gasteiger partial charge in [0.1, 0.15) is 6.54 Å². The number of ether oxygens (including phenoxy) is 2. The summed E-state index contributed by atoms with van der Waals surface area (Å²) >= 11 is 5.32. The van der Waals surface area contributed by atoms with E-state index in [9.17, 15) is 0 Å². The van der Waals surface area contributed by atoms with E-state index in [-0.39, 0.29) is 6.79 Å². The number of nitrogens with one attached hydrogen (secondary N) is 1. The molecule has 2 aromatic carbocycles. The molecule has 0 aliphatic carbocycles. The van der Waals surface area contributed by atoms with E-state index >= 15 is 0 Å². The van der Waals surface area contributed by atoms with Crippen LogP contribution in [-0.4, -0.2) is 23.6 Å². The molecule has 1 atom stereocenters. The molecule has 0 bridgehead atoms. The van der Waals surface area contributed by atoms with Crippen LogP contribution in [0.15, 0.2) is 52.9 Å². The highest BCUT2D eigenvalue weighted by molar-refractivity contribution is 7.71. The fourth-order valence-electron chi connectivity index (χ4n) is 2.81. The molecule has 1 aliphatic rings. The molecule has 0 spiro atoms. The Labute approximate surface area is 150 Å². The molecule has 0 fully saturated rings. The second-order valence-electron chi connectivity index (χ2n) is 6.02. The summed E-state index contributed by atoms with van der Waals surface area (Å²) in [6, 6.07) is 15.9. The standard InChI is InChI=1S/C18H17N3O3S/c1-20(10-13-5-3-2-4-6-13)11-21-18(25)24-17(19-21)14-7-8-15-16(9-14)23-12-22-15/h2-9H,10-12H2,1H3/p+1. The van der Waals surface area contributed by atoms with Crippen molar-refractivity contribution in [3.8, 4) is 23.0 Å². The maximum Gasteiger partial charge on any atom is 0.292 e. The molecule has 0 saturated heterocycles. The van der Waals surface area contributed by atoms with Crippen molar-refractivity contribution in [1.82, 2.24) is 9.78 Å². The summed E-state index contributed by atoms with van der Waals surface area (Å²) in [5.41, 5.74) is 2.08. The van der Waals surface area contributed by atoms with Gasteiger partial charge in [0.2, 0.25) is 12.7 Å². The van der Waals surface area contributed by atoms with Gasteiger partial charge in [-0.3, -0.25) is 0 Å². The van der Waals surface area contributed by atoms with E-state index < -0.39 is 0 Å². The van der Waals surface area contributed by atoms with Gasteiger partial charge in [-0.15, -0.1) is 5.10 Å². The van der Waals surface area contributed by atoms with Gasteiger partial charge in [0.05, 0.1) is 7.05 Å². The van der Waals surface area contributed by atoms with Crippen LogP contribution in [0.1, 0.15) is 5.56 Å². The van der Waals surface area contributed by atoms with Gasteiger partial charge in [0.25, 0.3) is 4.84 Å². The molecule has 1 aliphatic heterocycles. The first kappa shape index (κ1) is 15.9. The minimum atomic E-state index is 0.240. The van der Waals surface area contributed by atoms with Crippen LogP contribution in [-0.2, 0) is 13.2 Å². The quantitative estimate of drug-likeness (QED) is 0.711. The Morgan fingerprint density at radius 3 is 2.76 bits per heavy atom. The zero-order valence-electron chi connectivity index (χ0n) is 13.8. The Morgan fingerprint density at radius 1 is 1.12 bits per heavy atom. The fourth-order valence-corrected chi connectivity index (χ4v) is 2.99. The van der Waals surface area contributed by atoms with Gasteiger partial charge in [-0.05, 0) is 30.4 Å². The van der Waals surface area contributed by atoms with Gasteiger partial charge in [-0.2, -0.15) is 4.68 Å². The second-order valence-corrected chi connectivity index (χ2v) is 6.37. The van der Waals surface area contributed by atoms with E-state index in [2.05, 4.69) is 24.3 Å². The molecule has 0 saturated carbocycles. The summed E-state index contributed by atoms with van der Waals surface area (Å²) in [5.74, 6) is 1.91. The van der Waals surface area contributed by atoms with E-state index in [0.29, 0.717) is 23.1 Å². The van der Waals surface area contributed by atoms with Gasteiger partial charge in [-0.1, -0.05) is 30.3 Å². The topological polar surface area (TPSA) is 53.9 Å². The molecule has 1 aromatic heterocycles. The Morgan fingerprint density at radius 2 is 1.92 bits per heavy atom. The molecule has 6 nitrogen and oxygen atoms in total. The molecule has 7 heteroatoms. The summed E-state index contributed by atoms with van der Waals surface area (Å²) < 4.78 is 18.1. The highest BCUT2D eigenvalue weighted by atomic mass is 32.1. The molecule has 0 radical (unpaired) electrons. The third kappa shape index (κ3) is 3.42. The van der Waals surface area contributed by atoms with Crippen molar-refractivity contribution in [2.45, 2.75) is 13.2 Å². The third-order valence-corrected chi connectivity index (χ3v) is 4.29. The maximum atomic E-state index is 5.67. The van der Waals surface area contributed by atoms with Gasteiger partial charge in [0.15, 0.2) is 18.2 Å². The lowest BCUT2D eigenvalue weighted by Crippen LogP contribution is -3.07. The molecule has 25 heavy (non-hydrogen) atoms. The lowest BCUT2D eigenvalue weighted by atomic mass is 10.2. The number of aromatic nitrogens is 2. The van der Waals surface area contributed by atoms with Crippen LogP contribution in [0.2, 0.25) is 0 Å². The number of rotatable bonds is 5. The van der Waals surface area contributed by atoms with E-state index in [1.54, 1.807) is 4.68 Å². The molecule has 4 rings (SSSR count). The summed E-state index contributed by atoms with van der Waals surface area (Å²) in [7, 11) is 2.10. The number of nitrogens with zero attached hydrogens (tertiary/aromatic N) is 2. The number of quaternary nitrogens is 1. The Kier molecular flexibility index (Phi) is 4.25. The van der Waals surface area contributed by atoms with Crippen LogP contribution >= 0.6 is 12.2 Å². The average molecular weight is 356 g/mol. The highest BCUT2D eigenvalue weighted by Crippen LogP contribution is 2.35. The van der Waals surface area contributed by atoms with Crippen molar-refractivity contribution in [3.63, 3.8) is 0 Å². The van der Waals surface area contributed by atoms with Gasteiger partial charge < -0.3 is 18.8 Å². The first-order chi connectivity index (χ1) is 12.2. The number of fused-ring (bicyclic) bond motifs is 1. The van der Waals surface area contributed by atoms with Crippen LogP contribution < -0.4 is 14.4 Å². The second kappa shape index (κ2) is 6.70. The van der Waals surface area contributed by atoms with E-state index in [1.165, 1.54) is 10.5 Å². The van der Waals surface area contributed by atoms with Crippen LogP contribution in [0, 0.1) is 4.84 Å². The van der Waals surface area contributed by atoms with Crippen molar-refractivity contribution in [1.29, 1.82) is 0 Å². The molecule has 2 heterocycles. The van der Waals surface area contributed by atoms with E-state index in [0.717, 1.165) is 17.9 Å². The van der Waals surface area contributed by atoms with Crippen molar-refractivity contribution in [2.24, 2.45) is 0 Å². The lowest BCUT2D eigenvalue weighted by molar-refractivity contribution is -0.917. The number of hydrogen-bond donors (Lipinski definition) is 1. The predicted octanol–water partition coefficient (Wildman–Crippen LogP) is 2.27. The van der Waals surface area contributed by atoms with E-state index in [4.69, 9.17) is 26.1 Å². The lowest BCUT2D eigenvalue weighted by Gasteiger charge is -2.13. The molecule has 3 aromatic rings. The summed E-state index contributed by atoms with van der Waals surface area (Å²) in [5, 5.41) is 4.52. The highest BCUT2D eigenvalue weighted by Gasteiger charge is 2.17. The van der Waals surface area contributed by atoms with Gasteiger partial charge in [0, 0.05) is 11.1 Å². The molecular formula is C18H18N3O3S+. The first-order valence-corrected chi connectivity index (χ1v) is 8.43. The summed E-state index contributed by atoms with van der Waals surface area (Å²) in [6.45, 7) is 1.75. The monoisotopic (exact) mass is 356 g/mol. The summed E-state index contributed by atoms with van der Waals surface area (Å²) in [4.78, 5) is 1.62. The minimum absolute atomic E-state index is 0.240. The van der Waals surface area contributed by atoms with Crippen molar-refractivity contribution >= 4 is 12.2 Å². The van der Waals surface area contributed by atoms with Crippen LogP contribution in [0.5, 0.6) is 11.5 Å². The normalized spacial score (nSPS) is 13.8. The van der Waals surface area contributed by atoms with Gasteiger partial charge >= 0.3 is 0 Å². The average Bonchev–Trinajstić information content (AvgIpc) is 3.22. The van der Waals surface area contributed by atoms with Crippen molar-refractivity contribution < 1.29 is 18.8 Å².